The number of esters is 1. The van der Waals surface area contributed by atoms with E-state index in [1.54, 1.807) is 35.0 Å². The standard InChI is InChI=1S/C23H18F3N3O4/c1-31-17-10-11-20-18(12-15-4-3-5-19(27-15)22(30)32-2)21(28-29(20)13-17)14-6-8-16(9-7-14)33-23(24,25)26/h3-11,13H,12H2,1-2H3. The highest BCUT2D eigenvalue weighted by molar-refractivity contribution is 5.87. The van der Waals surface area contributed by atoms with Gasteiger partial charge in [-0.2, -0.15) is 5.10 Å². The number of benzene rings is 1. The van der Waals surface area contributed by atoms with Crippen LogP contribution >= 0.6 is 0 Å². The molecule has 7 nitrogen and oxygen atoms in total. The summed E-state index contributed by atoms with van der Waals surface area (Å²) in [6.45, 7) is 0. The maximum atomic E-state index is 12.5. The molecule has 0 atom stereocenters. The van der Waals surface area contributed by atoms with Crippen molar-refractivity contribution in [1.82, 2.24) is 14.6 Å². The topological polar surface area (TPSA) is 75.0 Å². The van der Waals surface area contributed by atoms with Gasteiger partial charge in [-0.05, 0) is 48.5 Å². The fourth-order valence-electron chi connectivity index (χ4n) is 3.40. The Labute approximate surface area is 186 Å². The number of hydrogen-bond acceptors (Lipinski definition) is 6. The predicted octanol–water partition coefficient (Wildman–Crippen LogP) is 4.68. The van der Waals surface area contributed by atoms with Crippen LogP contribution in [0.15, 0.2) is 60.8 Å². The van der Waals surface area contributed by atoms with Gasteiger partial charge in [-0.25, -0.2) is 14.3 Å². The van der Waals surface area contributed by atoms with Crippen molar-refractivity contribution in [3.8, 4) is 22.8 Å². The van der Waals surface area contributed by atoms with Crippen molar-refractivity contribution in [3.63, 3.8) is 0 Å². The van der Waals surface area contributed by atoms with Crippen molar-refractivity contribution in [1.29, 1.82) is 0 Å². The van der Waals surface area contributed by atoms with Crippen LogP contribution in [0.4, 0.5) is 13.2 Å². The van der Waals surface area contributed by atoms with Crippen molar-refractivity contribution in [2.75, 3.05) is 14.2 Å². The van der Waals surface area contributed by atoms with Gasteiger partial charge in [0.2, 0.25) is 0 Å². The summed E-state index contributed by atoms with van der Waals surface area (Å²) in [5.74, 6) is -0.296. The molecule has 0 saturated heterocycles. The van der Waals surface area contributed by atoms with Crippen LogP contribution in [0.1, 0.15) is 21.7 Å². The molecule has 0 unspecified atom stereocenters. The van der Waals surface area contributed by atoms with Crippen molar-refractivity contribution in [3.05, 3.63) is 77.7 Å². The molecular weight excluding hydrogens is 439 g/mol. The first-order valence-electron chi connectivity index (χ1n) is 9.73. The lowest BCUT2D eigenvalue weighted by Gasteiger charge is -2.09. The number of pyridine rings is 2. The molecule has 0 bridgehead atoms. The summed E-state index contributed by atoms with van der Waals surface area (Å²) >= 11 is 0. The van der Waals surface area contributed by atoms with E-state index in [0.717, 1.165) is 11.1 Å². The van der Waals surface area contributed by atoms with Crippen LogP contribution in [0.5, 0.6) is 11.5 Å². The van der Waals surface area contributed by atoms with E-state index < -0.39 is 12.3 Å². The number of rotatable bonds is 6. The Kier molecular flexibility index (Phi) is 5.91. The second kappa shape index (κ2) is 8.81. The number of alkyl halides is 3. The summed E-state index contributed by atoms with van der Waals surface area (Å²) in [6.07, 6.45) is -2.76. The number of carbonyl (C=O) groups is 1. The lowest BCUT2D eigenvalue weighted by molar-refractivity contribution is -0.274. The summed E-state index contributed by atoms with van der Waals surface area (Å²) in [6, 6.07) is 14.1. The molecule has 3 aromatic heterocycles. The normalized spacial score (nSPS) is 11.4. The molecule has 0 amide bonds. The number of methoxy groups -OCH3 is 2. The van der Waals surface area contributed by atoms with Crippen LogP contribution in [0.2, 0.25) is 0 Å². The van der Waals surface area contributed by atoms with Gasteiger partial charge >= 0.3 is 12.3 Å². The van der Waals surface area contributed by atoms with Gasteiger partial charge in [-0.15, -0.1) is 13.2 Å². The van der Waals surface area contributed by atoms with Crippen molar-refractivity contribution < 1.29 is 32.2 Å². The number of hydrogen-bond donors (Lipinski definition) is 0. The van der Waals surface area contributed by atoms with E-state index in [1.165, 1.54) is 38.5 Å². The average molecular weight is 457 g/mol. The summed E-state index contributed by atoms with van der Waals surface area (Å²) < 4.78 is 53.1. The van der Waals surface area contributed by atoms with E-state index in [9.17, 15) is 18.0 Å². The number of nitrogens with zero attached hydrogens (tertiary/aromatic N) is 3. The highest BCUT2D eigenvalue weighted by Gasteiger charge is 2.31. The highest BCUT2D eigenvalue weighted by atomic mass is 19.4. The van der Waals surface area contributed by atoms with Gasteiger partial charge in [-0.1, -0.05) is 6.07 Å². The van der Waals surface area contributed by atoms with Gasteiger partial charge in [0.15, 0.2) is 0 Å². The molecule has 0 aliphatic rings. The second-order valence-corrected chi connectivity index (χ2v) is 6.98. The van der Waals surface area contributed by atoms with Crippen LogP contribution in [-0.2, 0) is 11.2 Å². The Morgan fingerprint density at radius 2 is 1.73 bits per heavy atom. The van der Waals surface area contributed by atoms with E-state index in [-0.39, 0.29) is 11.4 Å². The number of aromatic nitrogens is 3. The lowest BCUT2D eigenvalue weighted by atomic mass is 10.0. The van der Waals surface area contributed by atoms with Gasteiger partial charge in [-0.3, -0.25) is 0 Å². The minimum Gasteiger partial charge on any atom is -0.495 e. The molecule has 1 aromatic carbocycles. The van der Waals surface area contributed by atoms with E-state index in [2.05, 4.69) is 14.8 Å². The van der Waals surface area contributed by atoms with Gasteiger partial charge < -0.3 is 14.2 Å². The Balaban J connectivity index is 1.78. The SMILES string of the molecule is COC(=O)c1cccc(Cc2c(-c3ccc(OC(F)(F)F)cc3)nn3cc(OC)ccc23)n1. The molecule has 0 saturated carbocycles. The third-order valence-corrected chi connectivity index (χ3v) is 4.86. The van der Waals surface area contributed by atoms with E-state index in [4.69, 9.17) is 9.47 Å². The third kappa shape index (κ3) is 4.89. The molecule has 170 valence electrons. The van der Waals surface area contributed by atoms with Gasteiger partial charge in [0.05, 0.1) is 31.6 Å². The number of halogens is 3. The summed E-state index contributed by atoms with van der Waals surface area (Å²) in [5.41, 5.74) is 3.44. The van der Waals surface area contributed by atoms with E-state index in [1.807, 2.05) is 6.07 Å². The molecule has 0 radical (unpaired) electrons. The smallest absolute Gasteiger partial charge is 0.495 e. The van der Waals surface area contributed by atoms with Crippen LogP contribution in [0.3, 0.4) is 0 Å². The molecule has 10 heteroatoms. The summed E-state index contributed by atoms with van der Waals surface area (Å²) in [7, 11) is 2.81. The summed E-state index contributed by atoms with van der Waals surface area (Å²) in [5, 5.41) is 4.62. The third-order valence-electron chi connectivity index (χ3n) is 4.86. The van der Waals surface area contributed by atoms with Crippen molar-refractivity contribution in [2.24, 2.45) is 0 Å². The Hall–Kier alpha value is -4.08. The largest absolute Gasteiger partial charge is 0.573 e. The van der Waals surface area contributed by atoms with Gasteiger partial charge in [0.25, 0.3) is 0 Å². The van der Waals surface area contributed by atoms with E-state index >= 15 is 0 Å². The first kappa shape index (κ1) is 22.1. The molecule has 4 aromatic rings. The molecule has 0 aliphatic heterocycles. The molecular formula is C23H18F3N3O4. The van der Waals surface area contributed by atoms with Crippen LogP contribution in [0, 0.1) is 0 Å². The maximum absolute atomic E-state index is 12.5. The first-order valence-corrected chi connectivity index (χ1v) is 9.73. The van der Waals surface area contributed by atoms with Crippen LogP contribution < -0.4 is 9.47 Å². The lowest BCUT2D eigenvalue weighted by Crippen LogP contribution is -2.16. The molecule has 0 spiro atoms. The number of ether oxygens (including phenoxy) is 3. The molecule has 4 rings (SSSR count). The fraction of sp³-hybridized carbons (Fsp3) is 0.174. The quantitative estimate of drug-likeness (QED) is 0.392. The fourth-order valence-corrected chi connectivity index (χ4v) is 3.40. The first-order chi connectivity index (χ1) is 15.8. The zero-order valence-electron chi connectivity index (χ0n) is 17.6. The highest BCUT2D eigenvalue weighted by Crippen LogP contribution is 2.31. The number of carbonyl (C=O) groups excluding carboxylic acids is 1. The Morgan fingerprint density at radius 1 is 1.00 bits per heavy atom. The van der Waals surface area contributed by atoms with Crippen molar-refractivity contribution >= 4 is 11.5 Å². The van der Waals surface area contributed by atoms with E-state index in [0.29, 0.717) is 29.1 Å². The molecule has 0 aliphatic carbocycles. The van der Waals surface area contributed by atoms with Crippen molar-refractivity contribution in [2.45, 2.75) is 12.8 Å². The molecule has 33 heavy (non-hydrogen) atoms. The minimum absolute atomic E-state index is 0.170. The van der Waals surface area contributed by atoms with Crippen LogP contribution in [0.25, 0.3) is 16.8 Å². The average Bonchev–Trinajstić information content (AvgIpc) is 3.15. The van der Waals surface area contributed by atoms with Gasteiger partial charge in [0.1, 0.15) is 17.2 Å². The monoisotopic (exact) mass is 457 g/mol. The summed E-state index contributed by atoms with van der Waals surface area (Å²) in [4.78, 5) is 16.2. The maximum Gasteiger partial charge on any atom is 0.573 e. The zero-order valence-corrected chi connectivity index (χ0v) is 17.6. The van der Waals surface area contributed by atoms with Gasteiger partial charge in [0, 0.05) is 23.2 Å². The Bertz CT molecular complexity index is 1300. The zero-order chi connectivity index (χ0) is 23.6. The van der Waals surface area contributed by atoms with Crippen LogP contribution in [-0.4, -0.2) is 41.1 Å². The number of fused-ring (bicyclic) bond motifs is 1. The minimum atomic E-state index is -4.78. The second-order valence-electron chi connectivity index (χ2n) is 6.98. The molecule has 0 N–H and O–H groups in total. The Morgan fingerprint density at radius 3 is 2.39 bits per heavy atom. The predicted molar refractivity (Wildman–Crippen MR) is 112 cm³/mol. The molecule has 0 fully saturated rings. The molecule has 3 heterocycles.